The Morgan fingerprint density at radius 1 is 0.947 bits per heavy atom. The van der Waals surface area contributed by atoms with Gasteiger partial charge in [-0.25, -0.2) is 9.69 Å². The minimum atomic E-state index is -0.669. The highest BCUT2D eigenvalue weighted by Gasteiger charge is 2.39. The van der Waals surface area contributed by atoms with Crippen LogP contribution in [0.1, 0.15) is 33.2 Å². The van der Waals surface area contributed by atoms with Crippen LogP contribution in [0.2, 0.25) is 0 Å². The number of hydrogen-bond donors (Lipinski definition) is 2. The molecule has 9 nitrogen and oxygen atoms in total. The summed E-state index contributed by atoms with van der Waals surface area (Å²) in [6.45, 7) is 3.73. The first-order chi connectivity index (χ1) is 18.2. The number of hydrogen-bond acceptors (Lipinski definition) is 7. The number of ether oxygens (including phenoxy) is 2. The van der Waals surface area contributed by atoms with Gasteiger partial charge in [0.05, 0.1) is 25.0 Å². The van der Waals surface area contributed by atoms with E-state index in [1.807, 2.05) is 0 Å². The van der Waals surface area contributed by atoms with Crippen molar-refractivity contribution < 1.29 is 28.7 Å². The van der Waals surface area contributed by atoms with Gasteiger partial charge in [0.1, 0.15) is 16.5 Å². The zero-order valence-corrected chi connectivity index (χ0v) is 21.6. The van der Waals surface area contributed by atoms with Crippen molar-refractivity contribution in [3.63, 3.8) is 0 Å². The molecule has 1 aliphatic heterocycles. The van der Waals surface area contributed by atoms with Crippen LogP contribution >= 0.6 is 11.6 Å². The summed E-state index contributed by atoms with van der Waals surface area (Å²) >= 11 is 6.26. The van der Waals surface area contributed by atoms with E-state index in [1.165, 1.54) is 13.2 Å². The average Bonchev–Trinajstić information content (AvgIpc) is 3.13. The zero-order valence-electron chi connectivity index (χ0n) is 20.8. The lowest BCUT2D eigenvalue weighted by molar-refractivity contribution is -0.120. The molecule has 10 heteroatoms. The van der Waals surface area contributed by atoms with Crippen LogP contribution in [0.3, 0.4) is 0 Å². The lowest BCUT2D eigenvalue weighted by Gasteiger charge is -2.16. The third kappa shape index (κ3) is 5.37. The topological polar surface area (TPSA) is 114 Å². The van der Waals surface area contributed by atoms with Crippen molar-refractivity contribution in [1.29, 1.82) is 0 Å². The van der Waals surface area contributed by atoms with Gasteiger partial charge in [-0.05, 0) is 74.0 Å². The second-order valence-electron chi connectivity index (χ2n) is 8.24. The quantitative estimate of drug-likeness (QED) is 0.313. The summed E-state index contributed by atoms with van der Waals surface area (Å²) < 4.78 is 10.1. The zero-order chi connectivity index (χ0) is 27.4. The maximum absolute atomic E-state index is 13.1. The number of methoxy groups -OCH3 is 1. The lowest BCUT2D eigenvalue weighted by atomic mass is 10.1. The second kappa shape index (κ2) is 11.2. The van der Waals surface area contributed by atoms with E-state index >= 15 is 0 Å². The number of rotatable bonds is 8. The Kier molecular flexibility index (Phi) is 7.78. The van der Waals surface area contributed by atoms with E-state index in [0.29, 0.717) is 33.9 Å². The van der Waals surface area contributed by atoms with Crippen LogP contribution < -0.4 is 20.3 Å². The molecule has 0 saturated heterocycles. The molecule has 2 N–H and O–H groups in total. The maximum atomic E-state index is 13.1. The molecule has 0 unspecified atom stereocenters. The fourth-order valence-electron chi connectivity index (χ4n) is 3.75. The van der Waals surface area contributed by atoms with Crippen molar-refractivity contribution in [3.05, 3.63) is 94.1 Å². The number of halogens is 1. The number of benzene rings is 3. The summed E-state index contributed by atoms with van der Waals surface area (Å²) in [4.78, 5) is 51.9. The number of nitrogens with one attached hydrogen (secondary N) is 2. The van der Waals surface area contributed by atoms with Crippen molar-refractivity contribution in [3.8, 4) is 5.75 Å². The summed E-state index contributed by atoms with van der Waals surface area (Å²) in [5.41, 5.74) is 2.37. The number of imide groups is 1. The van der Waals surface area contributed by atoms with Gasteiger partial charge in [0, 0.05) is 16.9 Å². The first kappa shape index (κ1) is 26.4. The van der Waals surface area contributed by atoms with Gasteiger partial charge in [0.2, 0.25) is 0 Å². The molecule has 0 bridgehead atoms. The van der Waals surface area contributed by atoms with Crippen molar-refractivity contribution in [1.82, 2.24) is 0 Å². The molecule has 0 atom stereocenters. The van der Waals surface area contributed by atoms with E-state index in [0.717, 1.165) is 4.90 Å². The van der Waals surface area contributed by atoms with Crippen molar-refractivity contribution in [2.45, 2.75) is 13.8 Å². The average molecular weight is 534 g/mol. The van der Waals surface area contributed by atoms with Gasteiger partial charge in [-0.1, -0.05) is 23.7 Å². The van der Waals surface area contributed by atoms with E-state index in [9.17, 15) is 19.2 Å². The van der Waals surface area contributed by atoms with Crippen LogP contribution in [0, 0.1) is 6.92 Å². The first-order valence-corrected chi connectivity index (χ1v) is 12.0. The number of carbonyl (C=O) groups is 4. The molecule has 3 aromatic rings. The second-order valence-corrected chi connectivity index (χ2v) is 8.62. The number of nitrogens with zero attached hydrogens (tertiary/aromatic N) is 1. The third-order valence-corrected chi connectivity index (χ3v) is 6.10. The summed E-state index contributed by atoms with van der Waals surface area (Å²) in [6, 6.07) is 17.7. The smallest absolute Gasteiger partial charge is 0.338 e. The minimum absolute atomic E-state index is 0.102. The predicted molar refractivity (Wildman–Crippen MR) is 144 cm³/mol. The molecular formula is C28H24ClN3O6. The molecule has 0 fully saturated rings. The van der Waals surface area contributed by atoms with Gasteiger partial charge in [0.15, 0.2) is 0 Å². The summed E-state index contributed by atoms with van der Waals surface area (Å²) in [5, 5.41) is 5.41. The molecule has 3 aromatic carbocycles. The minimum Gasteiger partial charge on any atom is -0.497 e. The molecule has 194 valence electrons. The SMILES string of the molecule is CCOC(=O)c1cccc(NC(=O)c2ccc(C)c(NC3=C(Cl)C(=O)N(c4ccc(OC)cc4)C3=O)c2)c1. The number of anilines is 3. The Morgan fingerprint density at radius 2 is 1.68 bits per heavy atom. The van der Waals surface area contributed by atoms with Gasteiger partial charge >= 0.3 is 5.97 Å². The number of carbonyl (C=O) groups excluding carboxylic acids is 4. The van der Waals surface area contributed by atoms with Gasteiger partial charge < -0.3 is 20.1 Å². The number of amides is 3. The van der Waals surface area contributed by atoms with Crippen molar-refractivity contribution >= 4 is 52.4 Å². The summed E-state index contributed by atoms with van der Waals surface area (Å²) in [5.74, 6) is -1.66. The van der Waals surface area contributed by atoms with Crippen LogP contribution in [-0.4, -0.2) is 37.4 Å². The molecular weight excluding hydrogens is 510 g/mol. The highest BCUT2D eigenvalue weighted by molar-refractivity contribution is 6.53. The maximum Gasteiger partial charge on any atom is 0.338 e. The largest absolute Gasteiger partial charge is 0.497 e. The van der Waals surface area contributed by atoms with E-state index in [-0.39, 0.29) is 22.9 Å². The summed E-state index contributed by atoms with van der Waals surface area (Å²) in [6.07, 6.45) is 0. The Morgan fingerprint density at radius 3 is 2.37 bits per heavy atom. The highest BCUT2D eigenvalue weighted by atomic mass is 35.5. The van der Waals surface area contributed by atoms with E-state index in [1.54, 1.807) is 74.5 Å². The highest BCUT2D eigenvalue weighted by Crippen LogP contribution is 2.32. The molecule has 0 aromatic heterocycles. The third-order valence-electron chi connectivity index (χ3n) is 5.75. The van der Waals surface area contributed by atoms with E-state index in [2.05, 4.69) is 10.6 Å². The Hall–Kier alpha value is -4.63. The first-order valence-electron chi connectivity index (χ1n) is 11.6. The van der Waals surface area contributed by atoms with Crippen molar-refractivity contribution in [2.24, 2.45) is 0 Å². The Balaban J connectivity index is 1.54. The van der Waals surface area contributed by atoms with Gasteiger partial charge in [0.25, 0.3) is 17.7 Å². The standard InChI is InChI=1S/C28H24ClN3O6/c1-4-38-28(36)18-6-5-7-19(14-18)30-25(33)17-9-8-16(2)22(15-17)31-24-23(29)26(34)32(27(24)35)20-10-12-21(37-3)13-11-20/h5-15,31H,4H2,1-3H3,(H,30,33). The normalized spacial score (nSPS) is 13.0. The molecule has 4 rings (SSSR count). The van der Waals surface area contributed by atoms with Gasteiger partial charge in [-0.15, -0.1) is 0 Å². The Bertz CT molecular complexity index is 1470. The van der Waals surface area contributed by atoms with E-state index in [4.69, 9.17) is 21.1 Å². The fourth-order valence-corrected chi connectivity index (χ4v) is 3.96. The van der Waals surface area contributed by atoms with Gasteiger partial charge in [-0.2, -0.15) is 0 Å². The van der Waals surface area contributed by atoms with Crippen LogP contribution in [-0.2, 0) is 14.3 Å². The van der Waals surface area contributed by atoms with Gasteiger partial charge in [-0.3, -0.25) is 14.4 Å². The molecule has 38 heavy (non-hydrogen) atoms. The molecule has 1 aliphatic rings. The van der Waals surface area contributed by atoms with Crippen LogP contribution in [0.5, 0.6) is 5.75 Å². The summed E-state index contributed by atoms with van der Waals surface area (Å²) in [7, 11) is 1.51. The Labute approximate surface area is 224 Å². The van der Waals surface area contributed by atoms with Crippen LogP contribution in [0.4, 0.5) is 17.1 Å². The molecule has 0 radical (unpaired) electrons. The molecule has 1 heterocycles. The number of esters is 1. The van der Waals surface area contributed by atoms with E-state index < -0.39 is 23.7 Å². The van der Waals surface area contributed by atoms with Crippen LogP contribution in [0.15, 0.2) is 77.5 Å². The molecule has 0 aliphatic carbocycles. The fraction of sp³-hybridized carbons (Fsp3) is 0.143. The molecule has 3 amide bonds. The molecule has 0 saturated carbocycles. The number of aryl methyl sites for hydroxylation is 1. The monoisotopic (exact) mass is 533 g/mol. The van der Waals surface area contributed by atoms with Crippen molar-refractivity contribution in [2.75, 3.05) is 29.3 Å². The lowest BCUT2D eigenvalue weighted by Crippen LogP contribution is -2.32. The predicted octanol–water partition coefficient (Wildman–Crippen LogP) is 4.87. The molecule has 0 spiro atoms. The van der Waals surface area contributed by atoms with Crippen LogP contribution in [0.25, 0.3) is 0 Å².